The Labute approximate surface area is 113 Å². The first-order chi connectivity index (χ1) is 8.84. The molecule has 1 aliphatic rings. The fourth-order valence-electron chi connectivity index (χ4n) is 1.77. The first-order valence-corrected chi connectivity index (χ1v) is 6.27. The summed E-state index contributed by atoms with van der Waals surface area (Å²) in [6.07, 6.45) is 0. The SMILES string of the molecule is C=C(C)C(=O)OCCN1CCN(C(C)C)C(=O)C1=O. The van der Waals surface area contributed by atoms with E-state index >= 15 is 0 Å². The van der Waals surface area contributed by atoms with E-state index in [2.05, 4.69) is 6.58 Å². The molecule has 0 aromatic heterocycles. The molecule has 1 fully saturated rings. The van der Waals surface area contributed by atoms with Crippen molar-refractivity contribution in [3.63, 3.8) is 0 Å². The summed E-state index contributed by atoms with van der Waals surface area (Å²) in [4.78, 5) is 37.7. The van der Waals surface area contributed by atoms with Gasteiger partial charge in [-0.3, -0.25) is 9.59 Å². The monoisotopic (exact) mass is 268 g/mol. The second-order valence-electron chi connectivity index (χ2n) is 4.80. The third kappa shape index (κ3) is 3.81. The molecule has 19 heavy (non-hydrogen) atoms. The van der Waals surface area contributed by atoms with Crippen LogP contribution in [0.3, 0.4) is 0 Å². The third-order valence-corrected chi connectivity index (χ3v) is 2.91. The predicted molar refractivity (Wildman–Crippen MR) is 69.2 cm³/mol. The number of piperazine rings is 1. The zero-order valence-corrected chi connectivity index (χ0v) is 11.6. The number of hydrogen-bond acceptors (Lipinski definition) is 4. The lowest BCUT2D eigenvalue weighted by Gasteiger charge is -2.35. The largest absolute Gasteiger partial charge is 0.460 e. The van der Waals surface area contributed by atoms with E-state index in [1.54, 1.807) is 11.8 Å². The predicted octanol–water partition coefficient (Wildman–Crippen LogP) is 0.185. The molecule has 106 valence electrons. The maximum absolute atomic E-state index is 11.8. The molecule has 0 N–H and O–H groups in total. The first-order valence-electron chi connectivity index (χ1n) is 6.27. The summed E-state index contributed by atoms with van der Waals surface area (Å²) in [6.45, 7) is 10.0. The van der Waals surface area contributed by atoms with Gasteiger partial charge in [-0.2, -0.15) is 0 Å². The number of ether oxygens (including phenoxy) is 1. The van der Waals surface area contributed by atoms with Crippen LogP contribution in [0.25, 0.3) is 0 Å². The number of carbonyl (C=O) groups excluding carboxylic acids is 3. The van der Waals surface area contributed by atoms with E-state index < -0.39 is 17.8 Å². The molecule has 6 nitrogen and oxygen atoms in total. The van der Waals surface area contributed by atoms with Crippen molar-refractivity contribution in [2.45, 2.75) is 26.8 Å². The Morgan fingerprint density at radius 1 is 1.32 bits per heavy atom. The molecule has 1 saturated heterocycles. The van der Waals surface area contributed by atoms with Gasteiger partial charge in [0.2, 0.25) is 0 Å². The topological polar surface area (TPSA) is 66.9 Å². The van der Waals surface area contributed by atoms with Gasteiger partial charge in [0.1, 0.15) is 6.61 Å². The standard InChI is InChI=1S/C13H20N2O4/c1-9(2)13(18)19-8-7-14-5-6-15(10(3)4)12(17)11(14)16/h10H,1,5-8H2,2-4H3. The highest BCUT2D eigenvalue weighted by molar-refractivity contribution is 6.35. The van der Waals surface area contributed by atoms with Gasteiger partial charge in [-0.05, 0) is 20.8 Å². The molecule has 2 amide bonds. The number of hydrogen-bond donors (Lipinski definition) is 0. The summed E-state index contributed by atoms with van der Waals surface area (Å²) in [7, 11) is 0. The van der Waals surface area contributed by atoms with Gasteiger partial charge in [-0.25, -0.2) is 4.79 Å². The van der Waals surface area contributed by atoms with Crippen LogP contribution in [0.4, 0.5) is 0 Å². The van der Waals surface area contributed by atoms with Crippen LogP contribution in [0, 0.1) is 0 Å². The Bertz CT molecular complexity index is 403. The van der Waals surface area contributed by atoms with Crippen molar-refractivity contribution >= 4 is 17.8 Å². The van der Waals surface area contributed by atoms with Gasteiger partial charge in [0, 0.05) is 24.7 Å². The molecular weight excluding hydrogens is 248 g/mol. The van der Waals surface area contributed by atoms with Crippen LogP contribution in [-0.4, -0.2) is 59.9 Å². The molecule has 1 aliphatic heterocycles. The number of carbonyl (C=O) groups is 3. The van der Waals surface area contributed by atoms with Crippen LogP contribution in [0.2, 0.25) is 0 Å². The normalized spacial score (nSPS) is 16.0. The highest BCUT2D eigenvalue weighted by Crippen LogP contribution is 2.08. The Hall–Kier alpha value is -1.85. The minimum atomic E-state index is -0.536. The van der Waals surface area contributed by atoms with E-state index in [4.69, 9.17) is 4.74 Å². The van der Waals surface area contributed by atoms with Crippen LogP contribution in [0.1, 0.15) is 20.8 Å². The van der Waals surface area contributed by atoms with Crippen molar-refractivity contribution < 1.29 is 19.1 Å². The second kappa shape index (κ2) is 6.36. The zero-order valence-electron chi connectivity index (χ0n) is 11.6. The molecule has 0 radical (unpaired) electrons. The summed E-state index contributed by atoms with van der Waals surface area (Å²) in [5.41, 5.74) is 0.312. The summed E-state index contributed by atoms with van der Waals surface area (Å²) >= 11 is 0. The van der Waals surface area contributed by atoms with E-state index in [0.29, 0.717) is 18.7 Å². The molecule has 0 saturated carbocycles. The van der Waals surface area contributed by atoms with Gasteiger partial charge in [0.25, 0.3) is 0 Å². The molecule has 0 bridgehead atoms. The summed E-state index contributed by atoms with van der Waals surface area (Å²) in [6, 6.07) is 0.0137. The highest BCUT2D eigenvalue weighted by Gasteiger charge is 2.33. The summed E-state index contributed by atoms with van der Waals surface area (Å²) < 4.78 is 4.91. The summed E-state index contributed by atoms with van der Waals surface area (Å²) in [5, 5.41) is 0. The van der Waals surface area contributed by atoms with Crippen LogP contribution >= 0.6 is 0 Å². The molecule has 0 aliphatic carbocycles. The Morgan fingerprint density at radius 3 is 2.47 bits per heavy atom. The maximum Gasteiger partial charge on any atom is 0.333 e. The van der Waals surface area contributed by atoms with Gasteiger partial charge < -0.3 is 14.5 Å². The van der Waals surface area contributed by atoms with E-state index in [1.807, 2.05) is 13.8 Å². The van der Waals surface area contributed by atoms with E-state index in [-0.39, 0.29) is 19.2 Å². The van der Waals surface area contributed by atoms with E-state index in [0.717, 1.165) is 0 Å². The van der Waals surface area contributed by atoms with Crippen LogP contribution in [0.15, 0.2) is 12.2 Å². The molecule has 0 aromatic rings. The lowest BCUT2D eigenvalue weighted by atomic mass is 10.2. The average molecular weight is 268 g/mol. The average Bonchev–Trinajstić information content (AvgIpc) is 2.33. The Balaban J connectivity index is 2.45. The number of amides is 2. The lowest BCUT2D eigenvalue weighted by molar-refractivity contribution is -0.158. The van der Waals surface area contributed by atoms with Crippen molar-refractivity contribution in [1.82, 2.24) is 9.80 Å². The highest BCUT2D eigenvalue weighted by atomic mass is 16.5. The Kier molecular flexibility index (Phi) is 5.09. The van der Waals surface area contributed by atoms with Crippen molar-refractivity contribution in [2.75, 3.05) is 26.2 Å². The lowest BCUT2D eigenvalue weighted by Crippen LogP contribution is -2.56. The van der Waals surface area contributed by atoms with Crippen LogP contribution < -0.4 is 0 Å². The smallest absolute Gasteiger partial charge is 0.333 e. The fourth-order valence-corrected chi connectivity index (χ4v) is 1.77. The van der Waals surface area contributed by atoms with Crippen LogP contribution in [0.5, 0.6) is 0 Å². The first kappa shape index (κ1) is 15.2. The van der Waals surface area contributed by atoms with Gasteiger partial charge >= 0.3 is 17.8 Å². The Morgan fingerprint density at radius 2 is 1.95 bits per heavy atom. The minimum absolute atomic E-state index is 0.0137. The van der Waals surface area contributed by atoms with E-state index in [1.165, 1.54) is 4.90 Å². The molecular formula is C13H20N2O4. The molecule has 1 heterocycles. The van der Waals surface area contributed by atoms with Crippen molar-refractivity contribution in [2.24, 2.45) is 0 Å². The number of esters is 1. The summed E-state index contributed by atoms with van der Waals surface area (Å²) in [5.74, 6) is -1.52. The quantitative estimate of drug-likeness (QED) is 0.405. The molecule has 6 heteroatoms. The number of nitrogens with zero attached hydrogens (tertiary/aromatic N) is 2. The van der Waals surface area contributed by atoms with Gasteiger partial charge in [0.15, 0.2) is 0 Å². The van der Waals surface area contributed by atoms with Crippen LogP contribution in [-0.2, 0) is 19.1 Å². The van der Waals surface area contributed by atoms with E-state index in [9.17, 15) is 14.4 Å². The van der Waals surface area contributed by atoms with Gasteiger partial charge in [-0.1, -0.05) is 6.58 Å². The fraction of sp³-hybridized carbons (Fsp3) is 0.615. The zero-order chi connectivity index (χ0) is 14.6. The molecule has 0 spiro atoms. The van der Waals surface area contributed by atoms with Crippen molar-refractivity contribution in [1.29, 1.82) is 0 Å². The van der Waals surface area contributed by atoms with Crippen molar-refractivity contribution in [3.05, 3.63) is 12.2 Å². The number of rotatable bonds is 5. The molecule has 0 atom stereocenters. The van der Waals surface area contributed by atoms with Gasteiger partial charge in [0.05, 0.1) is 6.54 Å². The molecule has 0 aromatic carbocycles. The maximum atomic E-state index is 11.8. The molecule has 1 rings (SSSR count). The minimum Gasteiger partial charge on any atom is -0.460 e. The van der Waals surface area contributed by atoms with Crippen molar-refractivity contribution in [3.8, 4) is 0 Å². The molecule has 0 unspecified atom stereocenters. The second-order valence-corrected chi connectivity index (χ2v) is 4.80. The van der Waals surface area contributed by atoms with Gasteiger partial charge in [-0.15, -0.1) is 0 Å². The third-order valence-electron chi connectivity index (χ3n) is 2.91.